The third kappa shape index (κ3) is 3.60. The van der Waals surface area contributed by atoms with E-state index in [1.807, 2.05) is 25.1 Å². The summed E-state index contributed by atoms with van der Waals surface area (Å²) in [6, 6.07) is 12.2. The summed E-state index contributed by atoms with van der Waals surface area (Å²) in [6.07, 6.45) is 1.80. The maximum atomic E-state index is 12.7. The number of sulfonamides is 1. The fourth-order valence-electron chi connectivity index (χ4n) is 3.15. The van der Waals surface area contributed by atoms with Crippen LogP contribution in [-0.2, 0) is 10.0 Å². The second-order valence-corrected chi connectivity index (χ2v) is 9.55. The zero-order chi connectivity index (χ0) is 19.0. The van der Waals surface area contributed by atoms with Gasteiger partial charge in [-0.25, -0.2) is 13.4 Å². The van der Waals surface area contributed by atoms with Crippen molar-refractivity contribution in [1.29, 1.82) is 0 Å². The summed E-state index contributed by atoms with van der Waals surface area (Å²) in [7, 11) is -3.47. The maximum Gasteiger partial charge on any atom is 0.257 e. The number of nitrogens with one attached hydrogen (secondary N) is 1. The van der Waals surface area contributed by atoms with Crippen LogP contribution in [-0.4, -0.2) is 36.7 Å². The van der Waals surface area contributed by atoms with Gasteiger partial charge in [-0.3, -0.25) is 10.1 Å². The standard InChI is InChI=1S/C19H19N3O3S2/c1-13-5-4-6-14(11-13)18(23)21-19-20-16-8-7-15(12-17(16)26-19)27(24,25)22-9-2-3-10-22/h4-8,11-12H,2-3,9-10H2,1H3,(H,20,21,23). The van der Waals surface area contributed by atoms with Crippen LogP contribution in [0.5, 0.6) is 0 Å². The van der Waals surface area contributed by atoms with Crippen molar-refractivity contribution in [2.24, 2.45) is 0 Å². The van der Waals surface area contributed by atoms with Crippen molar-refractivity contribution >= 4 is 42.6 Å². The van der Waals surface area contributed by atoms with Gasteiger partial charge in [-0.15, -0.1) is 0 Å². The van der Waals surface area contributed by atoms with Crippen molar-refractivity contribution in [2.75, 3.05) is 18.4 Å². The molecule has 2 heterocycles. The summed E-state index contributed by atoms with van der Waals surface area (Å²) in [5, 5.41) is 3.25. The Morgan fingerprint density at radius 2 is 1.93 bits per heavy atom. The van der Waals surface area contributed by atoms with Crippen molar-refractivity contribution in [1.82, 2.24) is 9.29 Å². The van der Waals surface area contributed by atoms with E-state index >= 15 is 0 Å². The fraction of sp³-hybridized carbons (Fsp3) is 0.263. The van der Waals surface area contributed by atoms with Crippen LogP contribution in [0, 0.1) is 6.92 Å². The molecule has 0 saturated carbocycles. The lowest BCUT2D eigenvalue weighted by molar-refractivity contribution is 0.102. The number of fused-ring (bicyclic) bond motifs is 1. The van der Waals surface area contributed by atoms with E-state index in [1.54, 1.807) is 24.3 Å². The lowest BCUT2D eigenvalue weighted by atomic mass is 10.1. The van der Waals surface area contributed by atoms with Crippen LogP contribution in [0.25, 0.3) is 10.2 Å². The predicted octanol–water partition coefficient (Wildman–Crippen LogP) is 3.64. The quantitative estimate of drug-likeness (QED) is 0.724. The molecule has 2 aromatic carbocycles. The van der Waals surface area contributed by atoms with Crippen molar-refractivity contribution in [3.05, 3.63) is 53.6 Å². The Labute approximate surface area is 161 Å². The zero-order valence-corrected chi connectivity index (χ0v) is 16.4. The molecule has 0 spiro atoms. The van der Waals surface area contributed by atoms with Crippen molar-refractivity contribution in [3.63, 3.8) is 0 Å². The van der Waals surface area contributed by atoms with Gasteiger partial charge in [0.25, 0.3) is 5.91 Å². The topological polar surface area (TPSA) is 79.4 Å². The van der Waals surface area contributed by atoms with Gasteiger partial charge in [0.15, 0.2) is 5.13 Å². The molecule has 8 heteroatoms. The molecule has 1 saturated heterocycles. The van der Waals surface area contributed by atoms with Crippen LogP contribution in [0.4, 0.5) is 5.13 Å². The smallest absolute Gasteiger partial charge is 0.257 e. The molecule has 140 valence electrons. The molecule has 0 bridgehead atoms. The normalized spacial score (nSPS) is 15.3. The molecule has 0 atom stereocenters. The number of amides is 1. The molecule has 3 aromatic rings. The lowest BCUT2D eigenvalue weighted by Crippen LogP contribution is -2.27. The number of hydrogen-bond donors (Lipinski definition) is 1. The highest BCUT2D eigenvalue weighted by molar-refractivity contribution is 7.89. The summed E-state index contributed by atoms with van der Waals surface area (Å²) < 4.78 is 27.7. The molecule has 1 amide bonds. The van der Waals surface area contributed by atoms with E-state index in [0.717, 1.165) is 23.1 Å². The van der Waals surface area contributed by atoms with Gasteiger partial charge in [0, 0.05) is 18.7 Å². The molecule has 6 nitrogen and oxygen atoms in total. The number of rotatable bonds is 4. The van der Waals surface area contributed by atoms with E-state index in [-0.39, 0.29) is 10.8 Å². The van der Waals surface area contributed by atoms with Crippen LogP contribution < -0.4 is 5.32 Å². The van der Waals surface area contributed by atoms with E-state index in [4.69, 9.17) is 0 Å². The van der Waals surface area contributed by atoms with Gasteiger partial charge in [0.1, 0.15) is 0 Å². The molecular formula is C19H19N3O3S2. The highest BCUT2D eigenvalue weighted by Crippen LogP contribution is 2.30. The van der Waals surface area contributed by atoms with E-state index in [1.165, 1.54) is 15.6 Å². The van der Waals surface area contributed by atoms with Gasteiger partial charge in [0.2, 0.25) is 10.0 Å². The van der Waals surface area contributed by atoms with Crippen LogP contribution in [0.1, 0.15) is 28.8 Å². The van der Waals surface area contributed by atoms with Crippen LogP contribution >= 0.6 is 11.3 Å². The number of carbonyl (C=O) groups excluding carboxylic acids is 1. The number of carbonyl (C=O) groups is 1. The minimum Gasteiger partial charge on any atom is -0.298 e. The molecule has 1 N–H and O–H groups in total. The van der Waals surface area contributed by atoms with Gasteiger partial charge >= 0.3 is 0 Å². The number of benzene rings is 2. The lowest BCUT2D eigenvalue weighted by Gasteiger charge is -2.15. The van der Waals surface area contributed by atoms with E-state index in [9.17, 15) is 13.2 Å². The first kappa shape index (κ1) is 18.1. The Morgan fingerprint density at radius 3 is 2.67 bits per heavy atom. The molecule has 0 unspecified atom stereocenters. The van der Waals surface area contributed by atoms with Gasteiger partial charge in [-0.1, -0.05) is 29.0 Å². The highest BCUT2D eigenvalue weighted by atomic mass is 32.2. The molecule has 1 aliphatic heterocycles. The largest absolute Gasteiger partial charge is 0.298 e. The Morgan fingerprint density at radius 1 is 1.15 bits per heavy atom. The number of nitrogens with zero attached hydrogens (tertiary/aromatic N) is 2. The first-order chi connectivity index (χ1) is 12.9. The number of aromatic nitrogens is 1. The first-order valence-electron chi connectivity index (χ1n) is 8.72. The predicted molar refractivity (Wildman–Crippen MR) is 107 cm³/mol. The summed E-state index contributed by atoms with van der Waals surface area (Å²) in [6.45, 7) is 3.07. The van der Waals surface area contributed by atoms with Gasteiger partial charge in [0.05, 0.1) is 15.1 Å². The van der Waals surface area contributed by atoms with E-state index in [2.05, 4.69) is 10.3 Å². The molecule has 27 heavy (non-hydrogen) atoms. The zero-order valence-electron chi connectivity index (χ0n) is 14.8. The monoisotopic (exact) mass is 401 g/mol. The SMILES string of the molecule is Cc1cccc(C(=O)Nc2nc3ccc(S(=O)(=O)N4CCCC4)cc3s2)c1. The number of aryl methyl sites for hydroxylation is 1. The molecule has 1 aliphatic rings. The van der Waals surface area contributed by atoms with E-state index < -0.39 is 10.0 Å². The Hall–Kier alpha value is -2.29. The molecule has 1 fully saturated rings. The Bertz CT molecular complexity index is 1120. The summed E-state index contributed by atoms with van der Waals surface area (Å²) in [5.74, 6) is -0.234. The first-order valence-corrected chi connectivity index (χ1v) is 11.0. The van der Waals surface area contributed by atoms with E-state index in [0.29, 0.717) is 29.3 Å². The highest BCUT2D eigenvalue weighted by Gasteiger charge is 2.27. The maximum absolute atomic E-state index is 12.7. The number of thiazole rings is 1. The number of hydrogen-bond acceptors (Lipinski definition) is 5. The third-order valence-corrected chi connectivity index (χ3v) is 7.39. The summed E-state index contributed by atoms with van der Waals surface area (Å²) in [4.78, 5) is 17.1. The minimum absolute atomic E-state index is 0.234. The van der Waals surface area contributed by atoms with Crippen molar-refractivity contribution in [3.8, 4) is 0 Å². The molecule has 1 aromatic heterocycles. The molecule has 4 rings (SSSR count). The third-order valence-electron chi connectivity index (χ3n) is 4.56. The van der Waals surface area contributed by atoms with Gasteiger partial charge in [-0.05, 0) is 50.1 Å². The Balaban J connectivity index is 1.60. The van der Waals surface area contributed by atoms with Crippen LogP contribution in [0.3, 0.4) is 0 Å². The second kappa shape index (κ2) is 7.03. The average molecular weight is 402 g/mol. The van der Waals surface area contributed by atoms with Crippen LogP contribution in [0.15, 0.2) is 47.4 Å². The Kier molecular flexibility index (Phi) is 4.71. The molecule has 0 radical (unpaired) electrons. The summed E-state index contributed by atoms with van der Waals surface area (Å²) >= 11 is 1.27. The summed E-state index contributed by atoms with van der Waals surface area (Å²) in [5.41, 5.74) is 2.23. The minimum atomic E-state index is -3.47. The molecule has 0 aliphatic carbocycles. The van der Waals surface area contributed by atoms with Crippen LogP contribution in [0.2, 0.25) is 0 Å². The average Bonchev–Trinajstić information content (AvgIpc) is 3.30. The molecular weight excluding hydrogens is 382 g/mol. The number of anilines is 1. The van der Waals surface area contributed by atoms with Gasteiger partial charge in [-0.2, -0.15) is 4.31 Å². The second-order valence-electron chi connectivity index (χ2n) is 6.58. The van der Waals surface area contributed by atoms with Gasteiger partial charge < -0.3 is 0 Å². The van der Waals surface area contributed by atoms with Crippen molar-refractivity contribution < 1.29 is 13.2 Å². The van der Waals surface area contributed by atoms with Crippen molar-refractivity contribution in [2.45, 2.75) is 24.7 Å². The fourth-order valence-corrected chi connectivity index (χ4v) is 5.67.